The molecule has 1 rings (SSSR count). The number of hydrogen-bond donors (Lipinski definition) is 2. The number of aliphatic hydroxyl groups is 1. The Bertz CT molecular complexity index is 302. The van der Waals surface area contributed by atoms with E-state index >= 15 is 0 Å². The second-order valence-electron chi connectivity index (χ2n) is 2.97. The maximum Gasteiger partial charge on any atom is 0.129 e. The van der Waals surface area contributed by atoms with E-state index in [4.69, 9.17) is 5.73 Å². The molecule has 0 saturated heterocycles. The summed E-state index contributed by atoms with van der Waals surface area (Å²) in [6, 6.07) is 2.28. The monoisotopic (exact) mass is 187 g/mol. The summed E-state index contributed by atoms with van der Waals surface area (Å²) in [5, 5.41) is 9.37. The van der Waals surface area contributed by atoms with Gasteiger partial charge in [-0.15, -0.1) is 0 Å². The van der Waals surface area contributed by atoms with E-state index in [1.54, 1.807) is 0 Å². The van der Waals surface area contributed by atoms with Crippen LogP contribution in [0.2, 0.25) is 0 Å². The second kappa shape index (κ2) is 3.81. The largest absolute Gasteiger partial charge is 0.387 e. The Labute approximate surface area is 75.0 Å². The molecule has 0 aliphatic carbocycles. The summed E-state index contributed by atoms with van der Waals surface area (Å²) in [5.41, 5.74) is 5.25. The Balaban J connectivity index is 3.05. The van der Waals surface area contributed by atoms with Crippen LogP contribution in [0, 0.1) is 11.6 Å². The minimum Gasteiger partial charge on any atom is -0.387 e. The van der Waals surface area contributed by atoms with Gasteiger partial charge in [0.15, 0.2) is 0 Å². The molecule has 0 heterocycles. The summed E-state index contributed by atoms with van der Waals surface area (Å²) >= 11 is 0. The van der Waals surface area contributed by atoms with Crippen LogP contribution in [0.5, 0.6) is 0 Å². The van der Waals surface area contributed by atoms with Gasteiger partial charge >= 0.3 is 0 Å². The Hall–Kier alpha value is -1.00. The molecule has 0 spiro atoms. The number of benzene rings is 1. The third kappa shape index (κ3) is 2.23. The molecule has 0 aliphatic rings. The van der Waals surface area contributed by atoms with Crippen LogP contribution in [0.3, 0.4) is 0 Å². The van der Waals surface area contributed by atoms with E-state index in [0.29, 0.717) is 0 Å². The van der Waals surface area contributed by atoms with E-state index in [9.17, 15) is 13.9 Å². The summed E-state index contributed by atoms with van der Waals surface area (Å²) in [6.07, 6.45) is -1.17. The molecule has 0 bridgehead atoms. The van der Waals surface area contributed by atoms with Gasteiger partial charge in [0, 0.05) is 11.6 Å². The van der Waals surface area contributed by atoms with Crippen molar-refractivity contribution >= 4 is 0 Å². The van der Waals surface area contributed by atoms with E-state index in [-0.39, 0.29) is 5.56 Å². The molecule has 13 heavy (non-hydrogen) atoms. The van der Waals surface area contributed by atoms with Crippen LogP contribution in [0.4, 0.5) is 8.78 Å². The molecule has 72 valence electrons. The summed E-state index contributed by atoms with van der Waals surface area (Å²) < 4.78 is 25.7. The van der Waals surface area contributed by atoms with Crippen molar-refractivity contribution in [1.29, 1.82) is 0 Å². The number of aliphatic hydroxyl groups excluding tert-OH is 1. The Kier molecular flexibility index (Phi) is 2.95. The summed E-state index contributed by atoms with van der Waals surface area (Å²) in [6.45, 7) is 1.52. The van der Waals surface area contributed by atoms with Gasteiger partial charge in [-0.2, -0.15) is 0 Å². The van der Waals surface area contributed by atoms with Crippen LogP contribution in [-0.4, -0.2) is 11.1 Å². The Morgan fingerprint density at radius 3 is 2.54 bits per heavy atom. The lowest BCUT2D eigenvalue weighted by molar-refractivity contribution is 0.148. The van der Waals surface area contributed by atoms with Gasteiger partial charge in [0.05, 0.1) is 6.10 Å². The van der Waals surface area contributed by atoms with Crippen molar-refractivity contribution in [3.8, 4) is 0 Å². The first-order chi connectivity index (χ1) is 6.02. The van der Waals surface area contributed by atoms with Crippen molar-refractivity contribution in [3.63, 3.8) is 0 Å². The predicted molar refractivity (Wildman–Crippen MR) is 45.0 cm³/mol. The zero-order valence-electron chi connectivity index (χ0n) is 7.17. The molecule has 2 atom stereocenters. The quantitative estimate of drug-likeness (QED) is 0.734. The van der Waals surface area contributed by atoms with Gasteiger partial charge in [-0.1, -0.05) is 0 Å². The van der Waals surface area contributed by atoms with Gasteiger partial charge in [-0.05, 0) is 25.1 Å². The van der Waals surface area contributed by atoms with Crippen LogP contribution in [0.15, 0.2) is 18.2 Å². The van der Waals surface area contributed by atoms with Crippen LogP contribution < -0.4 is 5.73 Å². The molecule has 0 fully saturated rings. The predicted octanol–water partition coefficient (Wildman–Crippen LogP) is 1.35. The topological polar surface area (TPSA) is 46.2 Å². The van der Waals surface area contributed by atoms with E-state index in [2.05, 4.69) is 0 Å². The zero-order chi connectivity index (χ0) is 10.0. The fourth-order valence-electron chi connectivity index (χ4n) is 1.02. The molecule has 0 radical (unpaired) electrons. The summed E-state index contributed by atoms with van der Waals surface area (Å²) in [5.74, 6) is -1.23. The highest BCUT2D eigenvalue weighted by Crippen LogP contribution is 2.19. The fraction of sp³-hybridized carbons (Fsp3) is 0.333. The molecule has 2 nitrogen and oxygen atoms in total. The van der Waals surface area contributed by atoms with E-state index in [1.165, 1.54) is 6.92 Å². The van der Waals surface area contributed by atoms with Crippen molar-refractivity contribution in [2.24, 2.45) is 5.73 Å². The maximum absolute atomic E-state index is 13.0. The molecular formula is C9H11F2NO. The Morgan fingerprint density at radius 2 is 2.00 bits per heavy atom. The van der Waals surface area contributed by atoms with Crippen LogP contribution >= 0.6 is 0 Å². The molecule has 1 aromatic carbocycles. The lowest BCUT2D eigenvalue weighted by atomic mass is 10.0. The molecule has 0 saturated carbocycles. The smallest absolute Gasteiger partial charge is 0.129 e. The van der Waals surface area contributed by atoms with Crippen LogP contribution in [0.1, 0.15) is 18.6 Å². The number of halogens is 2. The van der Waals surface area contributed by atoms with Crippen molar-refractivity contribution in [2.75, 3.05) is 0 Å². The maximum atomic E-state index is 13.0. The molecule has 0 aliphatic heterocycles. The van der Waals surface area contributed by atoms with Crippen molar-refractivity contribution in [3.05, 3.63) is 35.4 Å². The standard InChI is InChI=1S/C9H11F2NO/c1-5(12)9(13)7-4-6(10)2-3-8(7)11/h2-5,9,13H,12H2,1H3/t5-,9?/m1/s1. The number of nitrogens with two attached hydrogens (primary N) is 1. The van der Waals surface area contributed by atoms with Gasteiger partial charge in [0.1, 0.15) is 11.6 Å². The van der Waals surface area contributed by atoms with Crippen molar-refractivity contribution in [1.82, 2.24) is 0 Å². The molecule has 4 heteroatoms. The first kappa shape index (κ1) is 10.1. The van der Waals surface area contributed by atoms with Crippen molar-refractivity contribution in [2.45, 2.75) is 19.1 Å². The highest BCUT2D eigenvalue weighted by Gasteiger charge is 2.17. The fourth-order valence-corrected chi connectivity index (χ4v) is 1.02. The molecular weight excluding hydrogens is 176 g/mol. The molecule has 3 N–H and O–H groups in total. The van der Waals surface area contributed by atoms with E-state index < -0.39 is 23.8 Å². The summed E-state index contributed by atoms with van der Waals surface area (Å²) in [4.78, 5) is 0. The zero-order valence-corrected chi connectivity index (χ0v) is 7.17. The highest BCUT2D eigenvalue weighted by atomic mass is 19.1. The lowest BCUT2D eigenvalue weighted by Gasteiger charge is -2.15. The minimum absolute atomic E-state index is 0.102. The third-order valence-corrected chi connectivity index (χ3v) is 1.77. The first-order valence-corrected chi connectivity index (χ1v) is 3.91. The molecule has 0 aromatic heterocycles. The number of hydrogen-bond acceptors (Lipinski definition) is 2. The van der Waals surface area contributed by atoms with Gasteiger partial charge < -0.3 is 10.8 Å². The number of rotatable bonds is 2. The van der Waals surface area contributed by atoms with E-state index in [1.807, 2.05) is 0 Å². The minimum atomic E-state index is -1.17. The highest BCUT2D eigenvalue weighted by molar-refractivity contribution is 5.21. The van der Waals surface area contributed by atoms with Gasteiger partial charge in [-0.3, -0.25) is 0 Å². The summed E-state index contributed by atoms with van der Waals surface area (Å²) in [7, 11) is 0. The van der Waals surface area contributed by atoms with E-state index in [0.717, 1.165) is 18.2 Å². The van der Waals surface area contributed by atoms with Gasteiger partial charge in [-0.25, -0.2) is 8.78 Å². The SMILES string of the molecule is C[C@@H](N)C(O)c1cc(F)ccc1F. The molecule has 0 amide bonds. The average molecular weight is 187 g/mol. The van der Waals surface area contributed by atoms with Crippen molar-refractivity contribution < 1.29 is 13.9 Å². The second-order valence-corrected chi connectivity index (χ2v) is 2.97. The molecule has 1 aromatic rings. The average Bonchev–Trinajstić information content (AvgIpc) is 2.08. The van der Waals surface area contributed by atoms with Gasteiger partial charge in [0.2, 0.25) is 0 Å². The lowest BCUT2D eigenvalue weighted by Crippen LogP contribution is -2.25. The van der Waals surface area contributed by atoms with Gasteiger partial charge in [0.25, 0.3) is 0 Å². The normalized spacial score (nSPS) is 15.5. The molecule has 1 unspecified atom stereocenters. The third-order valence-electron chi connectivity index (χ3n) is 1.77. The van der Waals surface area contributed by atoms with Crippen LogP contribution in [-0.2, 0) is 0 Å². The van der Waals surface area contributed by atoms with Crippen LogP contribution in [0.25, 0.3) is 0 Å². The Morgan fingerprint density at radius 1 is 1.38 bits per heavy atom. The first-order valence-electron chi connectivity index (χ1n) is 3.91.